The predicted octanol–water partition coefficient (Wildman–Crippen LogP) is 3.56. The summed E-state index contributed by atoms with van der Waals surface area (Å²) in [6.45, 7) is 1.72. The Hall–Kier alpha value is -3.14. The van der Waals surface area contributed by atoms with Crippen LogP contribution >= 0.6 is 0 Å². The van der Waals surface area contributed by atoms with Crippen molar-refractivity contribution in [3.8, 4) is 11.4 Å². The van der Waals surface area contributed by atoms with Crippen LogP contribution in [0.25, 0.3) is 11.4 Å². The highest BCUT2D eigenvalue weighted by Gasteiger charge is 2.30. The van der Waals surface area contributed by atoms with Crippen LogP contribution in [-0.4, -0.2) is 38.0 Å². The molecule has 0 bridgehead atoms. The first-order valence-electron chi connectivity index (χ1n) is 9.15. The molecule has 1 saturated heterocycles. The van der Waals surface area contributed by atoms with Crippen molar-refractivity contribution in [3.63, 3.8) is 0 Å². The number of benzene rings is 1. The molecule has 2 aromatic heterocycles. The van der Waals surface area contributed by atoms with Crippen molar-refractivity contribution in [3.05, 3.63) is 54.4 Å². The van der Waals surface area contributed by atoms with E-state index in [1.807, 2.05) is 0 Å². The summed E-state index contributed by atoms with van der Waals surface area (Å²) in [4.78, 5) is 21.4. The van der Waals surface area contributed by atoms with Gasteiger partial charge in [0.05, 0.1) is 11.1 Å². The van der Waals surface area contributed by atoms with Crippen LogP contribution in [0.3, 0.4) is 0 Å². The molecule has 0 radical (unpaired) electrons. The van der Waals surface area contributed by atoms with Gasteiger partial charge in [-0.25, -0.2) is 15.0 Å². The molecule has 0 atom stereocenters. The van der Waals surface area contributed by atoms with E-state index in [1.54, 1.807) is 12.4 Å². The summed E-state index contributed by atoms with van der Waals surface area (Å²) in [5.41, 5.74) is 0.113. The molecule has 0 spiro atoms. The fourth-order valence-corrected chi connectivity index (χ4v) is 3.16. The quantitative estimate of drug-likeness (QED) is 0.691. The Balaban J connectivity index is 1.70. The second-order valence-electron chi connectivity index (χ2n) is 6.70. The monoisotopic (exact) mass is 401 g/mol. The number of aromatic nitrogens is 5. The summed E-state index contributed by atoms with van der Waals surface area (Å²) >= 11 is 0. The summed E-state index contributed by atoms with van der Waals surface area (Å²) in [5, 5.41) is 6.18. The molecule has 10 heteroatoms. The second kappa shape index (κ2) is 8.08. The molecule has 1 aliphatic heterocycles. The summed E-state index contributed by atoms with van der Waals surface area (Å²) in [5.74, 6) is 1.31. The van der Waals surface area contributed by atoms with Crippen LogP contribution < -0.4 is 10.6 Å². The number of halogens is 3. The Labute approximate surface area is 164 Å². The molecule has 1 aromatic carbocycles. The highest BCUT2D eigenvalue weighted by molar-refractivity contribution is 5.58. The molecule has 0 amide bonds. The van der Waals surface area contributed by atoms with Crippen molar-refractivity contribution < 1.29 is 13.2 Å². The smallest absolute Gasteiger partial charge is 0.324 e. The van der Waals surface area contributed by atoms with Gasteiger partial charge in [0.25, 0.3) is 0 Å². The van der Waals surface area contributed by atoms with E-state index in [0.717, 1.165) is 38.1 Å². The third kappa shape index (κ3) is 4.65. The number of rotatable bonds is 4. The molecular formula is C19H18F3N7. The Morgan fingerprint density at radius 2 is 1.76 bits per heavy atom. The van der Waals surface area contributed by atoms with Crippen molar-refractivity contribution >= 4 is 11.6 Å². The minimum atomic E-state index is -4.43. The highest BCUT2D eigenvalue weighted by atomic mass is 19.4. The average molecular weight is 401 g/mol. The van der Waals surface area contributed by atoms with Gasteiger partial charge in [0.1, 0.15) is 12.2 Å². The number of nitrogens with one attached hydrogen (secondary N) is 2. The number of piperidine rings is 1. The van der Waals surface area contributed by atoms with E-state index in [9.17, 15) is 13.2 Å². The van der Waals surface area contributed by atoms with Gasteiger partial charge in [-0.2, -0.15) is 23.1 Å². The second-order valence-corrected chi connectivity index (χ2v) is 6.70. The predicted molar refractivity (Wildman–Crippen MR) is 100 cm³/mol. The lowest BCUT2D eigenvalue weighted by atomic mass is 9.97. The SMILES string of the molecule is FC(F)(F)c1cccc(Nc2nc(-c3cncnc3)nc(C3CCNCC3)n2)c1. The van der Waals surface area contributed by atoms with Gasteiger partial charge < -0.3 is 10.6 Å². The molecule has 29 heavy (non-hydrogen) atoms. The third-order valence-electron chi connectivity index (χ3n) is 4.62. The number of hydrogen-bond acceptors (Lipinski definition) is 7. The van der Waals surface area contributed by atoms with E-state index >= 15 is 0 Å². The molecule has 4 rings (SSSR count). The number of nitrogens with zero attached hydrogens (tertiary/aromatic N) is 5. The number of alkyl halides is 3. The van der Waals surface area contributed by atoms with Gasteiger partial charge in [0.15, 0.2) is 5.82 Å². The van der Waals surface area contributed by atoms with E-state index in [0.29, 0.717) is 17.2 Å². The fourth-order valence-electron chi connectivity index (χ4n) is 3.16. The van der Waals surface area contributed by atoms with Gasteiger partial charge in [-0.05, 0) is 44.1 Å². The zero-order valence-electron chi connectivity index (χ0n) is 15.3. The largest absolute Gasteiger partial charge is 0.416 e. The maximum atomic E-state index is 13.0. The zero-order valence-corrected chi connectivity index (χ0v) is 15.3. The van der Waals surface area contributed by atoms with E-state index in [-0.39, 0.29) is 17.6 Å². The Morgan fingerprint density at radius 1 is 1.00 bits per heavy atom. The molecule has 7 nitrogen and oxygen atoms in total. The molecule has 1 aliphatic rings. The summed E-state index contributed by atoms with van der Waals surface area (Å²) in [6, 6.07) is 4.92. The topological polar surface area (TPSA) is 88.5 Å². The average Bonchev–Trinajstić information content (AvgIpc) is 2.74. The standard InChI is InChI=1S/C19H18F3N7/c20-19(21,22)14-2-1-3-15(8-14)26-18-28-16(12-4-6-23-7-5-12)27-17(29-18)13-9-24-11-25-10-13/h1-3,8-12,23H,4-7H2,(H,26,27,28,29). The molecule has 0 unspecified atom stereocenters. The molecule has 2 N–H and O–H groups in total. The summed E-state index contributed by atoms with van der Waals surface area (Å²) in [7, 11) is 0. The lowest BCUT2D eigenvalue weighted by Gasteiger charge is -2.22. The van der Waals surface area contributed by atoms with Gasteiger partial charge in [0.2, 0.25) is 5.95 Å². The van der Waals surface area contributed by atoms with Gasteiger partial charge >= 0.3 is 6.18 Å². The molecule has 0 aliphatic carbocycles. The van der Waals surface area contributed by atoms with Crippen LogP contribution in [0.1, 0.15) is 30.1 Å². The van der Waals surface area contributed by atoms with Crippen LogP contribution in [-0.2, 0) is 6.18 Å². The van der Waals surface area contributed by atoms with Crippen molar-refractivity contribution in [2.24, 2.45) is 0 Å². The van der Waals surface area contributed by atoms with Gasteiger partial charge in [-0.1, -0.05) is 6.07 Å². The molecule has 1 fully saturated rings. The van der Waals surface area contributed by atoms with Crippen LogP contribution in [0.2, 0.25) is 0 Å². The Bertz CT molecular complexity index is 973. The van der Waals surface area contributed by atoms with Gasteiger partial charge in [0, 0.05) is 24.0 Å². The van der Waals surface area contributed by atoms with Crippen molar-refractivity contribution in [1.29, 1.82) is 0 Å². The van der Waals surface area contributed by atoms with E-state index < -0.39 is 11.7 Å². The Kier molecular flexibility index (Phi) is 5.34. The molecule has 3 aromatic rings. The minimum Gasteiger partial charge on any atom is -0.324 e. The first-order valence-corrected chi connectivity index (χ1v) is 9.15. The first-order chi connectivity index (χ1) is 14.0. The number of anilines is 2. The van der Waals surface area contributed by atoms with E-state index in [4.69, 9.17) is 0 Å². The van der Waals surface area contributed by atoms with E-state index in [2.05, 4.69) is 35.6 Å². The van der Waals surface area contributed by atoms with Crippen LogP contribution in [0.5, 0.6) is 0 Å². The molecular weight excluding hydrogens is 383 g/mol. The van der Waals surface area contributed by atoms with Crippen LogP contribution in [0.15, 0.2) is 43.0 Å². The first kappa shape index (κ1) is 19.2. The van der Waals surface area contributed by atoms with Crippen molar-refractivity contribution in [2.45, 2.75) is 24.9 Å². The Morgan fingerprint density at radius 3 is 2.48 bits per heavy atom. The zero-order chi connectivity index (χ0) is 20.3. The van der Waals surface area contributed by atoms with Crippen LogP contribution in [0, 0.1) is 0 Å². The molecule has 150 valence electrons. The highest BCUT2D eigenvalue weighted by Crippen LogP contribution is 2.31. The molecule has 0 saturated carbocycles. The summed E-state index contributed by atoms with van der Waals surface area (Å²) < 4.78 is 39.0. The third-order valence-corrected chi connectivity index (χ3v) is 4.62. The van der Waals surface area contributed by atoms with Crippen LogP contribution in [0.4, 0.5) is 24.8 Å². The van der Waals surface area contributed by atoms with Crippen molar-refractivity contribution in [2.75, 3.05) is 18.4 Å². The lowest BCUT2D eigenvalue weighted by molar-refractivity contribution is -0.137. The van der Waals surface area contributed by atoms with E-state index in [1.165, 1.54) is 18.5 Å². The normalized spacial score (nSPS) is 15.3. The lowest BCUT2D eigenvalue weighted by Crippen LogP contribution is -2.27. The fraction of sp³-hybridized carbons (Fsp3) is 0.316. The summed E-state index contributed by atoms with van der Waals surface area (Å²) in [6.07, 6.45) is 1.89. The van der Waals surface area contributed by atoms with Crippen molar-refractivity contribution in [1.82, 2.24) is 30.2 Å². The maximum absolute atomic E-state index is 13.0. The maximum Gasteiger partial charge on any atom is 0.416 e. The van der Waals surface area contributed by atoms with Gasteiger partial charge in [-0.3, -0.25) is 0 Å². The number of hydrogen-bond donors (Lipinski definition) is 2. The molecule has 3 heterocycles. The van der Waals surface area contributed by atoms with Gasteiger partial charge in [-0.15, -0.1) is 0 Å². The minimum absolute atomic E-state index is 0.143.